The molecule has 0 fully saturated rings. The minimum atomic E-state index is 0.373. The van der Waals surface area contributed by atoms with E-state index in [1.54, 1.807) is 17.5 Å². The third kappa shape index (κ3) is 3.01. The summed E-state index contributed by atoms with van der Waals surface area (Å²) in [4.78, 5) is 5.95. The van der Waals surface area contributed by atoms with Gasteiger partial charge >= 0.3 is 0 Å². The van der Waals surface area contributed by atoms with Crippen LogP contribution in [0.1, 0.15) is 16.0 Å². The van der Waals surface area contributed by atoms with Crippen molar-refractivity contribution in [2.45, 2.75) is 13.5 Å². The lowest BCUT2D eigenvalue weighted by atomic mass is 10.3. The van der Waals surface area contributed by atoms with Crippen LogP contribution >= 0.6 is 23.6 Å². The first-order valence-electron chi connectivity index (χ1n) is 5.19. The molecule has 0 atom stereocenters. The third-order valence-electron chi connectivity index (χ3n) is 2.45. The molecule has 2 rings (SSSR count). The van der Waals surface area contributed by atoms with Crippen LogP contribution in [0.2, 0.25) is 0 Å². The fraction of sp³-hybridized carbons (Fsp3) is 0.167. The molecule has 0 bridgehead atoms. The highest BCUT2D eigenvalue weighted by Crippen LogP contribution is 2.16. The summed E-state index contributed by atoms with van der Waals surface area (Å²) in [7, 11) is 0. The van der Waals surface area contributed by atoms with Gasteiger partial charge in [0.2, 0.25) is 0 Å². The van der Waals surface area contributed by atoms with E-state index in [-0.39, 0.29) is 0 Å². The van der Waals surface area contributed by atoms with Crippen molar-refractivity contribution in [2.75, 3.05) is 5.32 Å². The van der Waals surface area contributed by atoms with Crippen molar-refractivity contribution in [3.63, 3.8) is 0 Å². The molecular weight excluding hydrogens is 250 g/mol. The zero-order valence-corrected chi connectivity index (χ0v) is 11.1. The van der Waals surface area contributed by atoms with Gasteiger partial charge in [-0.25, -0.2) is 4.98 Å². The number of hydrogen-bond donors (Lipinski definition) is 2. The molecule has 2 aromatic heterocycles. The van der Waals surface area contributed by atoms with Crippen LogP contribution in [0, 0.1) is 6.92 Å². The zero-order valence-electron chi connectivity index (χ0n) is 9.43. The molecule has 2 aromatic rings. The van der Waals surface area contributed by atoms with E-state index in [1.165, 1.54) is 10.4 Å². The largest absolute Gasteiger partial charge is 0.389 e. The molecule has 2 heterocycles. The molecule has 0 saturated heterocycles. The Kier molecular flexibility index (Phi) is 3.71. The molecule has 17 heavy (non-hydrogen) atoms. The second-order valence-electron chi connectivity index (χ2n) is 3.68. The van der Waals surface area contributed by atoms with Crippen molar-refractivity contribution in [1.29, 1.82) is 0 Å². The Morgan fingerprint density at radius 2 is 2.29 bits per heavy atom. The van der Waals surface area contributed by atoms with E-state index in [0.717, 1.165) is 17.9 Å². The first-order valence-corrected chi connectivity index (χ1v) is 6.48. The van der Waals surface area contributed by atoms with Crippen molar-refractivity contribution < 1.29 is 0 Å². The molecule has 0 aliphatic rings. The highest BCUT2D eigenvalue weighted by molar-refractivity contribution is 7.80. The molecule has 0 radical (unpaired) electrons. The van der Waals surface area contributed by atoms with Crippen LogP contribution in [0.4, 0.5) is 5.82 Å². The van der Waals surface area contributed by atoms with Crippen molar-refractivity contribution in [2.24, 2.45) is 5.73 Å². The van der Waals surface area contributed by atoms with E-state index in [9.17, 15) is 0 Å². The van der Waals surface area contributed by atoms with Crippen LogP contribution in [-0.4, -0.2) is 9.97 Å². The van der Waals surface area contributed by atoms with Crippen LogP contribution in [0.15, 0.2) is 29.8 Å². The second-order valence-corrected chi connectivity index (χ2v) is 5.12. The first kappa shape index (κ1) is 12.0. The van der Waals surface area contributed by atoms with Gasteiger partial charge in [-0.05, 0) is 36.1 Å². The van der Waals surface area contributed by atoms with Crippen molar-refractivity contribution in [1.82, 2.24) is 4.98 Å². The van der Waals surface area contributed by atoms with Crippen molar-refractivity contribution in [3.8, 4) is 0 Å². The molecule has 5 heteroatoms. The predicted molar refractivity (Wildman–Crippen MR) is 76.5 cm³/mol. The SMILES string of the molecule is Cc1ccsc1CNc1ccc(C(N)=S)cn1. The Morgan fingerprint density at radius 1 is 1.47 bits per heavy atom. The summed E-state index contributed by atoms with van der Waals surface area (Å²) in [5.74, 6) is 0.831. The average molecular weight is 263 g/mol. The number of nitrogens with zero attached hydrogens (tertiary/aromatic N) is 1. The van der Waals surface area contributed by atoms with Gasteiger partial charge in [0.05, 0.1) is 6.54 Å². The van der Waals surface area contributed by atoms with Crippen molar-refractivity contribution >= 4 is 34.4 Å². The van der Waals surface area contributed by atoms with Crippen LogP contribution in [0.25, 0.3) is 0 Å². The number of nitrogens with one attached hydrogen (secondary N) is 1. The number of aryl methyl sites for hydroxylation is 1. The number of thiocarbonyl (C=S) groups is 1. The standard InChI is InChI=1S/C12H13N3S2/c1-8-4-5-17-10(8)7-15-11-3-2-9(6-14-11)12(13)16/h2-6H,7H2,1H3,(H2,13,16)(H,14,15). The lowest BCUT2D eigenvalue weighted by Gasteiger charge is -2.05. The molecule has 88 valence electrons. The average Bonchev–Trinajstić information content (AvgIpc) is 2.73. The maximum atomic E-state index is 5.51. The van der Waals surface area contributed by atoms with E-state index < -0.39 is 0 Å². The Bertz CT molecular complexity index is 517. The molecule has 0 aliphatic heterocycles. The summed E-state index contributed by atoms with van der Waals surface area (Å²) in [5.41, 5.74) is 7.60. The molecule has 3 N–H and O–H groups in total. The number of pyridine rings is 1. The monoisotopic (exact) mass is 263 g/mol. The van der Waals surface area contributed by atoms with Crippen LogP contribution in [0.5, 0.6) is 0 Å². The summed E-state index contributed by atoms with van der Waals surface area (Å²) in [6.45, 7) is 2.90. The van der Waals surface area contributed by atoms with E-state index in [1.807, 2.05) is 12.1 Å². The molecule has 0 aromatic carbocycles. The number of hydrogen-bond acceptors (Lipinski definition) is 4. The van der Waals surface area contributed by atoms with Gasteiger partial charge in [0.25, 0.3) is 0 Å². The quantitative estimate of drug-likeness (QED) is 0.833. The Labute approximate surface area is 110 Å². The Balaban J connectivity index is 2.00. The highest BCUT2D eigenvalue weighted by Gasteiger charge is 2.01. The normalized spacial score (nSPS) is 10.2. The van der Waals surface area contributed by atoms with Crippen LogP contribution in [0.3, 0.4) is 0 Å². The van der Waals surface area contributed by atoms with Gasteiger partial charge in [0.15, 0.2) is 0 Å². The van der Waals surface area contributed by atoms with Crippen molar-refractivity contribution in [3.05, 3.63) is 45.8 Å². The number of thiophene rings is 1. The lowest BCUT2D eigenvalue weighted by Crippen LogP contribution is -2.10. The minimum absolute atomic E-state index is 0.373. The zero-order chi connectivity index (χ0) is 12.3. The summed E-state index contributed by atoms with van der Waals surface area (Å²) in [5, 5.41) is 5.36. The fourth-order valence-corrected chi connectivity index (χ4v) is 2.37. The maximum Gasteiger partial charge on any atom is 0.126 e. The summed E-state index contributed by atoms with van der Waals surface area (Å²) >= 11 is 6.62. The second kappa shape index (κ2) is 5.25. The third-order valence-corrected chi connectivity index (χ3v) is 3.70. The van der Waals surface area contributed by atoms with Crippen LogP contribution < -0.4 is 11.1 Å². The fourth-order valence-electron chi connectivity index (χ4n) is 1.40. The van der Waals surface area contributed by atoms with E-state index >= 15 is 0 Å². The Hall–Kier alpha value is -1.46. The van der Waals surface area contributed by atoms with Crippen LogP contribution in [-0.2, 0) is 6.54 Å². The Morgan fingerprint density at radius 3 is 2.82 bits per heavy atom. The highest BCUT2D eigenvalue weighted by atomic mass is 32.1. The van der Waals surface area contributed by atoms with Gasteiger partial charge in [-0.3, -0.25) is 0 Å². The van der Waals surface area contributed by atoms with Gasteiger partial charge in [-0.2, -0.15) is 0 Å². The maximum absolute atomic E-state index is 5.51. The van der Waals surface area contributed by atoms with Gasteiger partial charge in [-0.1, -0.05) is 12.2 Å². The van der Waals surface area contributed by atoms with E-state index in [4.69, 9.17) is 18.0 Å². The first-order chi connectivity index (χ1) is 8.16. The molecule has 0 saturated carbocycles. The molecule has 0 amide bonds. The topological polar surface area (TPSA) is 50.9 Å². The van der Waals surface area contributed by atoms with Gasteiger partial charge < -0.3 is 11.1 Å². The molecular formula is C12H13N3S2. The summed E-state index contributed by atoms with van der Waals surface area (Å²) in [6, 6.07) is 5.88. The minimum Gasteiger partial charge on any atom is -0.389 e. The van der Waals surface area contributed by atoms with Gasteiger partial charge in [-0.15, -0.1) is 11.3 Å². The predicted octanol–water partition coefficient (Wildman–Crippen LogP) is 2.70. The molecule has 3 nitrogen and oxygen atoms in total. The number of aromatic nitrogens is 1. The number of anilines is 1. The summed E-state index contributed by atoms with van der Waals surface area (Å²) in [6.07, 6.45) is 1.69. The lowest BCUT2D eigenvalue weighted by molar-refractivity contribution is 1.12. The van der Waals surface area contributed by atoms with E-state index in [2.05, 4.69) is 28.7 Å². The van der Waals surface area contributed by atoms with Gasteiger partial charge in [0.1, 0.15) is 10.8 Å². The summed E-state index contributed by atoms with van der Waals surface area (Å²) < 4.78 is 0. The smallest absolute Gasteiger partial charge is 0.126 e. The number of nitrogens with two attached hydrogens (primary N) is 1. The molecule has 0 spiro atoms. The molecule has 0 unspecified atom stereocenters. The number of rotatable bonds is 4. The van der Waals surface area contributed by atoms with E-state index in [0.29, 0.717) is 4.99 Å². The molecule has 0 aliphatic carbocycles. The van der Waals surface area contributed by atoms with Gasteiger partial charge in [0, 0.05) is 16.6 Å².